The Kier molecular flexibility index (Phi) is 8.29. The van der Waals surface area contributed by atoms with E-state index in [0.717, 1.165) is 27.9 Å². The van der Waals surface area contributed by atoms with Gasteiger partial charge in [0.25, 0.3) is 11.6 Å². The molecular weight excluding hydrogens is 559 g/mol. The molecule has 3 amide bonds. The van der Waals surface area contributed by atoms with E-state index in [0.29, 0.717) is 21.4 Å². The van der Waals surface area contributed by atoms with Crippen LogP contribution in [-0.2, 0) is 11.4 Å². The SMILES string of the molecule is O=C(Nc1ccc(Cl)c(Cl)c1)NN1C(=O)/C(=C\c2ccc(OCc3ccc([N+](=O)[O-])cc3)cc2)SC1=S. The van der Waals surface area contributed by atoms with Crippen molar-refractivity contribution in [3.63, 3.8) is 0 Å². The van der Waals surface area contributed by atoms with Crippen molar-refractivity contribution >= 4 is 80.9 Å². The Morgan fingerprint density at radius 3 is 2.43 bits per heavy atom. The van der Waals surface area contributed by atoms with Crippen molar-refractivity contribution in [2.75, 3.05) is 5.32 Å². The van der Waals surface area contributed by atoms with Gasteiger partial charge >= 0.3 is 6.03 Å². The molecule has 0 saturated carbocycles. The molecule has 13 heteroatoms. The topological polar surface area (TPSA) is 114 Å². The van der Waals surface area contributed by atoms with Crippen molar-refractivity contribution in [1.29, 1.82) is 0 Å². The van der Waals surface area contributed by atoms with Crippen LogP contribution in [-0.4, -0.2) is 26.2 Å². The van der Waals surface area contributed by atoms with Gasteiger partial charge in [0.1, 0.15) is 12.4 Å². The fourth-order valence-electron chi connectivity index (χ4n) is 3.09. The smallest absolute Gasteiger partial charge is 0.338 e. The van der Waals surface area contributed by atoms with Gasteiger partial charge in [-0.15, -0.1) is 0 Å². The van der Waals surface area contributed by atoms with Crippen molar-refractivity contribution in [1.82, 2.24) is 10.4 Å². The molecule has 0 aliphatic carbocycles. The number of thiocarbonyl (C=S) groups is 1. The highest BCUT2D eigenvalue weighted by molar-refractivity contribution is 8.26. The highest BCUT2D eigenvalue weighted by Crippen LogP contribution is 2.32. The Morgan fingerprint density at radius 1 is 1.08 bits per heavy atom. The molecule has 2 N–H and O–H groups in total. The minimum absolute atomic E-state index is 0.0146. The standard InChI is InChI=1S/C24H16Cl2N4O5S2/c25-19-10-5-16(12-20(19)26)27-23(32)28-29-22(31)21(37-24(29)36)11-14-3-8-18(9-4-14)35-13-15-1-6-17(7-2-15)30(33)34/h1-12H,13H2,(H2,27,28,32)/b21-11+. The Bertz CT molecular complexity index is 1420. The second-order valence-electron chi connectivity index (χ2n) is 7.49. The summed E-state index contributed by atoms with van der Waals surface area (Å²) in [5.74, 6) is 0.112. The van der Waals surface area contributed by atoms with Gasteiger partial charge in [0.05, 0.1) is 19.9 Å². The fraction of sp³-hybridized carbons (Fsp3) is 0.0417. The average molecular weight is 575 g/mol. The zero-order valence-electron chi connectivity index (χ0n) is 18.6. The molecule has 1 aliphatic rings. The maximum atomic E-state index is 12.8. The lowest BCUT2D eigenvalue weighted by Gasteiger charge is -2.16. The molecule has 1 aliphatic heterocycles. The van der Waals surface area contributed by atoms with Gasteiger partial charge in [-0.1, -0.05) is 47.1 Å². The van der Waals surface area contributed by atoms with E-state index in [4.69, 9.17) is 40.2 Å². The van der Waals surface area contributed by atoms with Crippen LogP contribution >= 0.6 is 47.2 Å². The number of benzene rings is 3. The minimum atomic E-state index is -0.675. The summed E-state index contributed by atoms with van der Waals surface area (Å²) in [5.41, 5.74) is 4.34. The summed E-state index contributed by atoms with van der Waals surface area (Å²) in [5, 5.41) is 14.9. The van der Waals surface area contributed by atoms with Crippen molar-refractivity contribution in [3.8, 4) is 5.75 Å². The number of rotatable bonds is 7. The number of nitro groups is 1. The van der Waals surface area contributed by atoms with E-state index in [1.165, 1.54) is 24.3 Å². The lowest BCUT2D eigenvalue weighted by atomic mass is 10.2. The number of anilines is 1. The zero-order valence-corrected chi connectivity index (χ0v) is 21.8. The Morgan fingerprint density at radius 2 is 1.78 bits per heavy atom. The molecule has 0 aromatic heterocycles. The Labute approximate surface area is 230 Å². The summed E-state index contributed by atoms with van der Waals surface area (Å²) in [4.78, 5) is 35.8. The van der Waals surface area contributed by atoms with Crippen molar-refractivity contribution < 1.29 is 19.2 Å². The van der Waals surface area contributed by atoms with Crippen molar-refractivity contribution in [2.45, 2.75) is 6.61 Å². The van der Waals surface area contributed by atoms with E-state index in [-0.39, 0.29) is 21.6 Å². The van der Waals surface area contributed by atoms with E-state index in [1.807, 2.05) is 0 Å². The average Bonchev–Trinajstić information content (AvgIpc) is 3.13. The number of thioether (sulfide) groups is 1. The number of nitrogens with one attached hydrogen (secondary N) is 2. The number of hydrogen-bond donors (Lipinski definition) is 2. The lowest BCUT2D eigenvalue weighted by molar-refractivity contribution is -0.384. The fourth-order valence-corrected chi connectivity index (χ4v) is 4.57. The molecule has 0 radical (unpaired) electrons. The second-order valence-corrected chi connectivity index (χ2v) is 9.98. The maximum Gasteiger partial charge on any atom is 0.338 e. The highest BCUT2D eigenvalue weighted by Gasteiger charge is 2.33. The van der Waals surface area contributed by atoms with E-state index in [1.54, 1.807) is 48.5 Å². The zero-order chi connectivity index (χ0) is 26.5. The highest BCUT2D eigenvalue weighted by atomic mass is 35.5. The minimum Gasteiger partial charge on any atom is -0.489 e. The summed E-state index contributed by atoms with van der Waals surface area (Å²) in [6.45, 7) is 0.242. The number of non-ortho nitro benzene ring substituents is 1. The normalized spacial score (nSPS) is 14.1. The quantitative estimate of drug-likeness (QED) is 0.145. The largest absolute Gasteiger partial charge is 0.489 e. The first-order chi connectivity index (χ1) is 17.7. The van der Waals surface area contributed by atoms with Crippen LogP contribution < -0.4 is 15.5 Å². The van der Waals surface area contributed by atoms with E-state index in [9.17, 15) is 19.7 Å². The number of halogens is 2. The summed E-state index contributed by atoms with van der Waals surface area (Å²) >= 11 is 18.1. The predicted molar refractivity (Wildman–Crippen MR) is 147 cm³/mol. The molecule has 1 heterocycles. The van der Waals surface area contributed by atoms with Gasteiger partial charge in [-0.3, -0.25) is 14.9 Å². The molecule has 1 saturated heterocycles. The number of amides is 3. The van der Waals surface area contributed by atoms with Crippen molar-refractivity contribution in [2.24, 2.45) is 0 Å². The summed E-state index contributed by atoms with van der Waals surface area (Å²) in [6, 6.07) is 17.0. The van der Waals surface area contributed by atoms with Gasteiger partial charge in [0.15, 0.2) is 4.32 Å². The molecule has 3 aromatic carbocycles. The first-order valence-electron chi connectivity index (χ1n) is 10.5. The van der Waals surface area contributed by atoms with Crippen LogP contribution in [0.4, 0.5) is 16.2 Å². The molecule has 9 nitrogen and oxygen atoms in total. The third-order valence-electron chi connectivity index (χ3n) is 4.92. The second kappa shape index (κ2) is 11.6. The molecule has 0 spiro atoms. The maximum absolute atomic E-state index is 12.8. The Hall–Kier alpha value is -3.64. The Balaban J connectivity index is 1.34. The van der Waals surface area contributed by atoms with Gasteiger partial charge in [-0.25, -0.2) is 10.2 Å². The molecule has 4 rings (SSSR count). The molecule has 37 heavy (non-hydrogen) atoms. The van der Waals surface area contributed by atoms with E-state index >= 15 is 0 Å². The summed E-state index contributed by atoms with van der Waals surface area (Å²) in [7, 11) is 0. The number of hydrogen-bond acceptors (Lipinski definition) is 7. The van der Waals surface area contributed by atoms with Crippen LogP contribution in [0, 0.1) is 10.1 Å². The molecule has 0 bridgehead atoms. The first-order valence-corrected chi connectivity index (χ1v) is 12.4. The van der Waals surface area contributed by atoms with Crippen LogP contribution in [0.3, 0.4) is 0 Å². The molecule has 0 unspecified atom stereocenters. The third-order valence-corrected chi connectivity index (χ3v) is 6.96. The number of ether oxygens (including phenoxy) is 1. The first kappa shape index (κ1) is 26.4. The lowest BCUT2D eigenvalue weighted by Crippen LogP contribution is -2.46. The van der Waals surface area contributed by atoms with Crippen LogP contribution in [0.5, 0.6) is 5.75 Å². The third kappa shape index (κ3) is 6.77. The molecule has 1 fully saturated rings. The van der Waals surface area contributed by atoms with Gasteiger partial charge < -0.3 is 10.1 Å². The summed E-state index contributed by atoms with van der Waals surface area (Å²) < 4.78 is 5.89. The van der Waals surface area contributed by atoms with Crippen molar-refractivity contribution in [3.05, 3.63) is 103 Å². The summed E-state index contributed by atoms with van der Waals surface area (Å²) in [6.07, 6.45) is 1.65. The molecule has 3 aromatic rings. The van der Waals surface area contributed by atoms with Gasteiger partial charge in [-0.05, 0) is 71.9 Å². The van der Waals surface area contributed by atoms with Crippen LogP contribution in [0.2, 0.25) is 10.0 Å². The van der Waals surface area contributed by atoms with E-state index < -0.39 is 16.9 Å². The molecule has 188 valence electrons. The van der Waals surface area contributed by atoms with Crippen LogP contribution in [0.15, 0.2) is 71.6 Å². The molecular formula is C24H16Cl2N4O5S2. The number of urea groups is 1. The number of hydrazine groups is 1. The van der Waals surface area contributed by atoms with Crippen LogP contribution in [0.1, 0.15) is 11.1 Å². The number of nitrogens with zero attached hydrogens (tertiary/aromatic N) is 2. The number of carbonyl (C=O) groups is 2. The van der Waals surface area contributed by atoms with E-state index in [2.05, 4.69) is 10.7 Å². The monoisotopic (exact) mass is 574 g/mol. The predicted octanol–water partition coefficient (Wildman–Crippen LogP) is 6.42. The van der Waals surface area contributed by atoms with Gasteiger partial charge in [-0.2, -0.15) is 5.01 Å². The van der Waals surface area contributed by atoms with Gasteiger partial charge in [0, 0.05) is 17.8 Å². The molecule has 0 atom stereocenters. The number of carbonyl (C=O) groups excluding carboxylic acids is 2. The van der Waals surface area contributed by atoms with Crippen LogP contribution in [0.25, 0.3) is 6.08 Å². The number of nitro benzene ring substituents is 1. The van der Waals surface area contributed by atoms with Gasteiger partial charge in [0.2, 0.25) is 0 Å².